The predicted molar refractivity (Wildman–Crippen MR) is 132 cm³/mol. The second-order valence-corrected chi connectivity index (χ2v) is 9.79. The Balaban J connectivity index is 1.93. The van der Waals surface area contributed by atoms with E-state index in [4.69, 9.17) is 41.9 Å². The van der Waals surface area contributed by atoms with Crippen LogP contribution in [0.4, 0.5) is 0 Å². The maximum atomic E-state index is 12.1. The van der Waals surface area contributed by atoms with Gasteiger partial charge in [0.25, 0.3) is 0 Å². The molecule has 18 heteroatoms. The van der Waals surface area contributed by atoms with E-state index in [0.717, 1.165) is 0 Å². The molecule has 0 bridgehead atoms. The Bertz CT molecular complexity index is 907. The Morgan fingerprint density at radius 1 is 0.974 bits per heavy atom. The van der Waals surface area contributed by atoms with Crippen LogP contribution in [-0.2, 0) is 23.7 Å². The van der Waals surface area contributed by atoms with Crippen molar-refractivity contribution in [3.63, 3.8) is 0 Å². The molecule has 2 saturated heterocycles. The molecule has 14 atom stereocenters. The summed E-state index contributed by atoms with van der Waals surface area (Å²) in [5.41, 5.74) is 19.6. The van der Waals surface area contributed by atoms with Crippen molar-refractivity contribution in [1.29, 1.82) is 0 Å². The number of aldehydes is 1. The molecule has 224 valence electrons. The summed E-state index contributed by atoms with van der Waals surface area (Å²) in [6.45, 7) is 0.697. The van der Waals surface area contributed by atoms with E-state index in [1.54, 1.807) is 0 Å². The molecule has 2 heterocycles. The largest absolute Gasteiger partial charge is 0.394 e. The molecule has 18 nitrogen and oxygen atoms in total. The number of nitrogens with two attached hydrogens (primary N) is 4. The first-order chi connectivity index (χ1) is 18.3. The molecule has 0 aromatic heterocycles. The summed E-state index contributed by atoms with van der Waals surface area (Å²) in [5, 5.41) is 65.7. The van der Waals surface area contributed by atoms with E-state index in [0.29, 0.717) is 0 Å². The van der Waals surface area contributed by atoms with Crippen molar-refractivity contribution in [3.05, 3.63) is 0 Å². The lowest BCUT2D eigenvalue weighted by molar-refractivity contribution is -0.313. The zero-order valence-corrected chi connectivity index (χ0v) is 21.4. The minimum atomic E-state index is -2.31. The van der Waals surface area contributed by atoms with E-state index in [1.165, 1.54) is 14.0 Å². The summed E-state index contributed by atoms with van der Waals surface area (Å²) in [6.07, 6.45) is -14.5. The van der Waals surface area contributed by atoms with Gasteiger partial charge in [0.1, 0.15) is 42.7 Å². The topological polar surface area (TPSA) is 316 Å². The number of hydrogen-bond acceptors (Lipinski definition) is 14. The van der Waals surface area contributed by atoms with Gasteiger partial charge in [0.05, 0.1) is 30.8 Å². The number of carbonyl (C=O) groups excluding carboxylic acids is 1. The van der Waals surface area contributed by atoms with Gasteiger partial charge in [-0.1, -0.05) is 0 Å². The van der Waals surface area contributed by atoms with Gasteiger partial charge < -0.3 is 77.8 Å². The van der Waals surface area contributed by atoms with Gasteiger partial charge >= 0.3 is 0 Å². The minimum Gasteiger partial charge on any atom is -0.394 e. The molecule has 0 spiro atoms. The first kappa shape index (κ1) is 31.3. The quantitative estimate of drug-likeness (QED) is 0.0702. The average Bonchev–Trinajstić information content (AvgIpc) is 3.10. The van der Waals surface area contributed by atoms with E-state index < -0.39 is 91.7 Å². The molecule has 0 amide bonds. The first-order valence-electron chi connectivity index (χ1n) is 12.3. The molecule has 3 rings (SSSR count). The second-order valence-electron chi connectivity index (χ2n) is 9.79. The van der Waals surface area contributed by atoms with Crippen molar-refractivity contribution in [2.75, 3.05) is 13.7 Å². The summed E-state index contributed by atoms with van der Waals surface area (Å²) in [5.74, 6) is -0.708. The summed E-state index contributed by atoms with van der Waals surface area (Å²) in [6, 6.07) is -3.08. The van der Waals surface area contributed by atoms with Crippen molar-refractivity contribution < 1.29 is 54.4 Å². The van der Waals surface area contributed by atoms with Crippen molar-refractivity contribution in [2.45, 2.75) is 98.5 Å². The van der Waals surface area contributed by atoms with Crippen LogP contribution >= 0.6 is 0 Å². The van der Waals surface area contributed by atoms with Gasteiger partial charge in [-0.05, 0) is 20.4 Å². The Morgan fingerprint density at radius 3 is 2.13 bits per heavy atom. The zero-order valence-electron chi connectivity index (χ0n) is 21.4. The number of carbonyl (C=O) groups is 1. The molecule has 0 aromatic rings. The molecule has 1 saturated carbocycles. The predicted octanol–water partition coefficient (Wildman–Crippen LogP) is -7.13. The summed E-state index contributed by atoms with van der Waals surface area (Å²) >= 11 is 0. The number of nitrogens with one attached hydrogen (secondary N) is 1. The van der Waals surface area contributed by atoms with Crippen LogP contribution in [0, 0.1) is 0 Å². The van der Waals surface area contributed by atoms with Crippen LogP contribution < -0.4 is 28.3 Å². The third-order valence-corrected chi connectivity index (χ3v) is 7.24. The molecule has 14 unspecified atom stereocenters. The molecule has 3 aliphatic rings. The fourth-order valence-corrected chi connectivity index (χ4v) is 5.05. The Labute approximate surface area is 223 Å². The van der Waals surface area contributed by atoms with Crippen molar-refractivity contribution in [3.8, 4) is 0 Å². The highest BCUT2D eigenvalue weighted by atomic mass is 16.8. The van der Waals surface area contributed by atoms with Crippen molar-refractivity contribution in [1.82, 2.24) is 5.32 Å². The maximum absolute atomic E-state index is 12.1. The molecule has 2 aliphatic heterocycles. The summed E-state index contributed by atoms with van der Waals surface area (Å²) < 4.78 is 23.1. The van der Waals surface area contributed by atoms with Gasteiger partial charge in [-0.25, -0.2) is 9.98 Å². The fraction of sp³-hybridized carbons (Fsp3) is 0.857. The fourth-order valence-electron chi connectivity index (χ4n) is 5.05. The molecule has 15 N–H and O–H groups in total. The van der Waals surface area contributed by atoms with Crippen molar-refractivity contribution in [2.24, 2.45) is 32.9 Å². The normalized spacial score (nSPS) is 46.4. The number of ether oxygens (including phenoxy) is 4. The summed E-state index contributed by atoms with van der Waals surface area (Å²) in [7, 11) is 1.44. The van der Waals surface area contributed by atoms with Gasteiger partial charge in [0.15, 0.2) is 36.4 Å². The highest BCUT2D eigenvalue weighted by molar-refractivity contribution is 5.76. The lowest BCUT2D eigenvalue weighted by Crippen LogP contribution is -2.65. The first-order valence-corrected chi connectivity index (χ1v) is 12.3. The van der Waals surface area contributed by atoms with Crippen LogP contribution in [0.1, 0.15) is 13.3 Å². The maximum Gasteiger partial charge on any atom is 0.188 e. The number of aliphatic imine (C=N–C) groups is 2. The van der Waals surface area contributed by atoms with Gasteiger partial charge in [0.2, 0.25) is 0 Å². The minimum absolute atomic E-state index is 0.0692. The zero-order chi connectivity index (χ0) is 29.2. The van der Waals surface area contributed by atoms with Gasteiger partial charge in [0, 0.05) is 0 Å². The van der Waals surface area contributed by atoms with Gasteiger partial charge in [-0.2, -0.15) is 0 Å². The molecule has 0 radical (unpaired) electrons. The Hall–Kier alpha value is -2.23. The lowest BCUT2D eigenvalue weighted by Gasteiger charge is -2.44. The Kier molecular flexibility index (Phi) is 10.0. The van der Waals surface area contributed by atoms with Crippen LogP contribution in [0.15, 0.2) is 9.98 Å². The molecule has 3 fully saturated rings. The monoisotopic (exact) mass is 565 g/mol. The standard InChI is InChI=1S/C21H39N7O11/c1-6-21(35,5-30)16(39-17-10(26-2)13(33)12(32)9(4-29)37-17)18(36-6)38-15-8(28-20(24)25)3-7(27-19(22)23)11(31)14(15)34/h5-18,26,29,31-35H,3-4H2,1-2H3,(H4,22,23,27)(H4,24,25,28). The number of aliphatic hydroxyl groups excluding tert-OH is 5. The van der Waals surface area contributed by atoms with Crippen LogP contribution in [0.5, 0.6) is 0 Å². The molecule has 1 aliphatic carbocycles. The lowest BCUT2D eigenvalue weighted by atomic mass is 9.84. The van der Waals surface area contributed by atoms with Crippen LogP contribution in [0.25, 0.3) is 0 Å². The number of hydrogen-bond donors (Lipinski definition) is 11. The van der Waals surface area contributed by atoms with E-state index >= 15 is 0 Å². The van der Waals surface area contributed by atoms with E-state index in [-0.39, 0.29) is 24.6 Å². The highest BCUT2D eigenvalue weighted by Crippen LogP contribution is 2.38. The average molecular weight is 566 g/mol. The number of nitrogens with zero attached hydrogens (tertiary/aromatic N) is 2. The molecular weight excluding hydrogens is 526 g/mol. The number of likely N-dealkylation sites (N-methyl/N-ethyl adjacent to an activating group) is 1. The highest BCUT2D eigenvalue weighted by Gasteiger charge is 2.60. The van der Waals surface area contributed by atoms with Gasteiger partial charge in [-0.15, -0.1) is 0 Å². The number of aliphatic hydroxyl groups is 6. The van der Waals surface area contributed by atoms with E-state index in [9.17, 15) is 35.4 Å². The SMILES string of the molecule is CNC1C(OC2C(OC3C(N=C(N)N)CC(N=C(N)N)C(O)C3O)OC(C)C2(O)C=O)OC(CO)C(O)C1O. The van der Waals surface area contributed by atoms with Gasteiger partial charge in [-0.3, -0.25) is 4.79 Å². The number of guanidine groups is 2. The van der Waals surface area contributed by atoms with Crippen LogP contribution in [0.3, 0.4) is 0 Å². The smallest absolute Gasteiger partial charge is 0.188 e. The third-order valence-electron chi connectivity index (χ3n) is 7.24. The number of rotatable bonds is 9. The molecule has 0 aromatic carbocycles. The van der Waals surface area contributed by atoms with E-state index in [2.05, 4.69) is 15.3 Å². The molecule has 39 heavy (non-hydrogen) atoms. The Morgan fingerprint density at radius 2 is 1.59 bits per heavy atom. The van der Waals surface area contributed by atoms with E-state index in [1.807, 2.05) is 0 Å². The third kappa shape index (κ3) is 6.25. The molecular formula is C21H39N7O11. The van der Waals surface area contributed by atoms with Crippen LogP contribution in [-0.4, -0.2) is 148 Å². The second kappa shape index (κ2) is 12.5. The van der Waals surface area contributed by atoms with Crippen molar-refractivity contribution >= 4 is 18.2 Å². The summed E-state index contributed by atoms with van der Waals surface area (Å²) in [4.78, 5) is 20.0. The van der Waals surface area contributed by atoms with Crippen LogP contribution in [0.2, 0.25) is 0 Å².